The molecule has 0 bridgehead atoms. The molecule has 0 spiro atoms. The van der Waals surface area contributed by atoms with E-state index in [9.17, 15) is 22.8 Å². The molecule has 30 heavy (non-hydrogen) atoms. The molecule has 8 heteroatoms. The Bertz CT molecular complexity index is 895. The number of amides is 1. The van der Waals surface area contributed by atoms with E-state index in [1.807, 2.05) is 35.6 Å². The Morgan fingerprint density at radius 1 is 1.03 bits per heavy atom. The summed E-state index contributed by atoms with van der Waals surface area (Å²) in [5.74, 6) is -4.44. The van der Waals surface area contributed by atoms with Crippen LogP contribution < -0.4 is 5.32 Å². The van der Waals surface area contributed by atoms with Crippen LogP contribution in [-0.2, 0) is 27.3 Å². The Morgan fingerprint density at radius 2 is 1.70 bits per heavy atom. The minimum Gasteiger partial charge on any atom is -0.461 e. The molecule has 2 rings (SSSR count). The third-order valence-corrected chi connectivity index (χ3v) is 3.93. The lowest BCUT2D eigenvalue weighted by Gasteiger charge is -2.20. The minimum absolute atomic E-state index is 0.0277. The van der Waals surface area contributed by atoms with Gasteiger partial charge in [-0.3, -0.25) is 10.1 Å². The highest BCUT2D eigenvalue weighted by Crippen LogP contribution is 2.27. The van der Waals surface area contributed by atoms with Gasteiger partial charge in [-0.05, 0) is 50.8 Å². The maximum atomic E-state index is 14.6. The summed E-state index contributed by atoms with van der Waals surface area (Å²) >= 11 is 0. The zero-order valence-corrected chi connectivity index (χ0v) is 17.1. The number of halogens is 3. The fraction of sp³-hybridized carbons (Fsp3) is 0.364. The molecule has 162 valence electrons. The van der Waals surface area contributed by atoms with Gasteiger partial charge in [0.15, 0.2) is 17.5 Å². The van der Waals surface area contributed by atoms with E-state index in [2.05, 4.69) is 0 Å². The fourth-order valence-corrected chi connectivity index (χ4v) is 2.59. The topological polar surface area (TPSA) is 64.6 Å². The van der Waals surface area contributed by atoms with Gasteiger partial charge in [0.05, 0.1) is 0 Å². The second-order valence-electron chi connectivity index (χ2n) is 7.65. The van der Waals surface area contributed by atoms with E-state index in [0.717, 1.165) is 5.56 Å². The van der Waals surface area contributed by atoms with Gasteiger partial charge in [-0.2, -0.15) is 0 Å². The number of carbonyl (C=O) groups is 2. The molecule has 0 saturated carbocycles. The maximum absolute atomic E-state index is 14.6. The van der Waals surface area contributed by atoms with E-state index in [1.54, 1.807) is 20.8 Å². The summed E-state index contributed by atoms with van der Waals surface area (Å²) in [5, 5.41) is 1.91. The van der Waals surface area contributed by atoms with Gasteiger partial charge in [-0.1, -0.05) is 30.3 Å². The van der Waals surface area contributed by atoms with Crippen molar-refractivity contribution >= 4 is 17.7 Å². The van der Waals surface area contributed by atoms with Crippen molar-refractivity contribution < 1.29 is 32.2 Å². The number of anilines is 1. The van der Waals surface area contributed by atoms with Crippen molar-refractivity contribution in [2.75, 3.05) is 5.32 Å². The SMILES string of the molecule is CC(C)(C)OC(=O)Nc1c(F)c(F)cc(CCCC(=O)OCc2ccccc2)c1F. The monoisotopic (exact) mass is 423 g/mol. The van der Waals surface area contributed by atoms with E-state index in [1.165, 1.54) is 0 Å². The Balaban J connectivity index is 1.96. The number of hydrogen-bond acceptors (Lipinski definition) is 4. The highest BCUT2D eigenvalue weighted by atomic mass is 19.2. The number of aryl methyl sites for hydroxylation is 1. The van der Waals surface area contributed by atoms with Crippen LogP contribution in [-0.4, -0.2) is 17.7 Å². The zero-order valence-electron chi connectivity index (χ0n) is 17.1. The summed E-state index contributed by atoms with van der Waals surface area (Å²) in [6, 6.07) is 9.80. The Kier molecular flexibility index (Phi) is 7.86. The third kappa shape index (κ3) is 7.09. The first-order chi connectivity index (χ1) is 14.1. The van der Waals surface area contributed by atoms with Gasteiger partial charge in [0, 0.05) is 6.42 Å². The van der Waals surface area contributed by atoms with Crippen molar-refractivity contribution in [2.24, 2.45) is 0 Å². The normalized spacial score (nSPS) is 11.1. The van der Waals surface area contributed by atoms with Gasteiger partial charge >= 0.3 is 12.1 Å². The quantitative estimate of drug-likeness (QED) is 0.471. The number of ether oxygens (including phenoxy) is 2. The van der Waals surface area contributed by atoms with Crippen LogP contribution in [0.4, 0.5) is 23.7 Å². The molecular weight excluding hydrogens is 399 g/mol. The van der Waals surface area contributed by atoms with E-state index in [4.69, 9.17) is 9.47 Å². The van der Waals surface area contributed by atoms with Gasteiger partial charge in [0.25, 0.3) is 0 Å². The molecule has 2 aromatic carbocycles. The largest absolute Gasteiger partial charge is 0.461 e. The van der Waals surface area contributed by atoms with Crippen LogP contribution in [0.5, 0.6) is 0 Å². The Labute approximate surface area is 173 Å². The summed E-state index contributed by atoms with van der Waals surface area (Å²) < 4.78 is 52.5. The average molecular weight is 423 g/mol. The number of esters is 1. The van der Waals surface area contributed by atoms with Crippen molar-refractivity contribution in [1.29, 1.82) is 0 Å². The summed E-state index contributed by atoms with van der Waals surface area (Å²) in [6.07, 6.45) is -1.03. The maximum Gasteiger partial charge on any atom is 0.412 e. The highest BCUT2D eigenvalue weighted by molar-refractivity contribution is 5.85. The Hall–Kier alpha value is -3.03. The van der Waals surface area contributed by atoms with Gasteiger partial charge in [0.2, 0.25) is 0 Å². The van der Waals surface area contributed by atoms with E-state index in [-0.39, 0.29) is 31.4 Å². The fourth-order valence-electron chi connectivity index (χ4n) is 2.59. The molecule has 0 aromatic heterocycles. The molecule has 0 unspecified atom stereocenters. The summed E-state index contributed by atoms with van der Waals surface area (Å²) in [4.78, 5) is 23.6. The van der Waals surface area contributed by atoms with Crippen LogP contribution in [0.1, 0.15) is 44.7 Å². The lowest BCUT2D eigenvalue weighted by molar-refractivity contribution is -0.145. The van der Waals surface area contributed by atoms with Crippen molar-refractivity contribution in [2.45, 2.75) is 52.2 Å². The van der Waals surface area contributed by atoms with Crippen molar-refractivity contribution in [3.05, 3.63) is 65.0 Å². The molecule has 0 radical (unpaired) electrons. The number of nitrogens with one attached hydrogen (secondary N) is 1. The van der Waals surface area contributed by atoms with Crippen molar-refractivity contribution in [3.63, 3.8) is 0 Å². The smallest absolute Gasteiger partial charge is 0.412 e. The molecule has 0 aliphatic heterocycles. The van der Waals surface area contributed by atoms with Crippen LogP contribution in [0.2, 0.25) is 0 Å². The van der Waals surface area contributed by atoms with E-state index < -0.39 is 40.8 Å². The standard InChI is InChI=1S/C22H24F3NO4/c1-22(2,3)30-21(28)26-20-18(24)15(12-16(23)19(20)25)10-7-11-17(27)29-13-14-8-5-4-6-9-14/h4-6,8-9,12H,7,10-11,13H2,1-3H3,(H,26,28). The first-order valence-electron chi connectivity index (χ1n) is 9.42. The molecule has 2 aromatic rings. The van der Waals surface area contributed by atoms with Gasteiger partial charge in [0.1, 0.15) is 17.9 Å². The summed E-state index contributed by atoms with van der Waals surface area (Å²) in [6.45, 7) is 4.84. The second kappa shape index (κ2) is 10.1. The molecule has 0 aliphatic carbocycles. The lowest BCUT2D eigenvalue weighted by Crippen LogP contribution is -2.28. The second-order valence-corrected chi connectivity index (χ2v) is 7.65. The number of carbonyl (C=O) groups excluding carboxylic acids is 2. The molecule has 0 fully saturated rings. The predicted molar refractivity (Wildman–Crippen MR) is 105 cm³/mol. The minimum atomic E-state index is -1.52. The summed E-state index contributed by atoms with van der Waals surface area (Å²) in [7, 11) is 0. The van der Waals surface area contributed by atoms with E-state index >= 15 is 0 Å². The Morgan fingerprint density at radius 3 is 2.33 bits per heavy atom. The third-order valence-electron chi connectivity index (χ3n) is 3.93. The van der Waals surface area contributed by atoms with Crippen LogP contribution in [0, 0.1) is 17.5 Å². The molecule has 0 saturated heterocycles. The first kappa shape index (κ1) is 23.3. The van der Waals surface area contributed by atoms with E-state index in [0.29, 0.717) is 6.07 Å². The van der Waals surface area contributed by atoms with Crippen molar-refractivity contribution in [1.82, 2.24) is 0 Å². The molecule has 1 N–H and O–H groups in total. The molecule has 0 heterocycles. The first-order valence-corrected chi connectivity index (χ1v) is 9.42. The highest BCUT2D eigenvalue weighted by Gasteiger charge is 2.23. The number of rotatable bonds is 7. The number of benzene rings is 2. The lowest BCUT2D eigenvalue weighted by atomic mass is 10.1. The van der Waals surface area contributed by atoms with Gasteiger partial charge in [-0.15, -0.1) is 0 Å². The van der Waals surface area contributed by atoms with Crippen molar-refractivity contribution in [3.8, 4) is 0 Å². The van der Waals surface area contributed by atoms with Crippen LogP contribution in [0.15, 0.2) is 36.4 Å². The van der Waals surface area contributed by atoms with Gasteiger partial charge in [-0.25, -0.2) is 18.0 Å². The van der Waals surface area contributed by atoms with Gasteiger partial charge < -0.3 is 9.47 Å². The predicted octanol–water partition coefficient (Wildman–Crippen LogP) is 5.52. The molecule has 0 atom stereocenters. The van der Waals surface area contributed by atoms with Crippen LogP contribution in [0.25, 0.3) is 0 Å². The van der Waals surface area contributed by atoms with Crippen LogP contribution >= 0.6 is 0 Å². The zero-order chi connectivity index (χ0) is 22.3. The average Bonchev–Trinajstić information content (AvgIpc) is 2.67. The van der Waals surface area contributed by atoms with Crippen LogP contribution in [0.3, 0.4) is 0 Å². The molecule has 5 nitrogen and oxygen atoms in total. The number of hydrogen-bond donors (Lipinski definition) is 1. The summed E-state index contributed by atoms with van der Waals surface area (Å²) in [5.41, 5.74) is -1.16. The molecule has 0 aliphatic rings. The molecular formula is C22H24F3NO4. The molecule has 1 amide bonds.